The van der Waals surface area contributed by atoms with Crippen LogP contribution in [0.2, 0.25) is 0 Å². The topological polar surface area (TPSA) is 71.5 Å². The van der Waals surface area contributed by atoms with Gasteiger partial charge in [-0.1, -0.05) is 6.07 Å². The van der Waals surface area contributed by atoms with Gasteiger partial charge < -0.3 is 15.0 Å². The maximum atomic E-state index is 12.6. The van der Waals surface area contributed by atoms with Gasteiger partial charge in [0.1, 0.15) is 6.04 Å². The van der Waals surface area contributed by atoms with E-state index in [-0.39, 0.29) is 11.8 Å². The van der Waals surface area contributed by atoms with Crippen molar-refractivity contribution in [2.24, 2.45) is 0 Å². The number of carbonyl (C=O) groups excluding carboxylic acids is 2. The van der Waals surface area contributed by atoms with Crippen LogP contribution < -0.4 is 10.1 Å². The van der Waals surface area contributed by atoms with E-state index in [2.05, 4.69) is 10.3 Å². The number of likely N-dealkylation sites (tertiary alicyclic amines) is 1. The van der Waals surface area contributed by atoms with Gasteiger partial charge in [0.15, 0.2) is 0 Å². The lowest BCUT2D eigenvalue weighted by atomic mass is 10.0. The Kier molecular flexibility index (Phi) is 5.10. The van der Waals surface area contributed by atoms with E-state index >= 15 is 0 Å². The number of nitrogens with one attached hydrogen (secondary N) is 1. The summed E-state index contributed by atoms with van der Waals surface area (Å²) in [5.74, 6) is 0.240. The molecule has 0 aliphatic carbocycles. The average Bonchev–Trinajstić information content (AvgIpc) is 3.16. The number of amides is 2. The summed E-state index contributed by atoms with van der Waals surface area (Å²) in [6, 6.07) is 6.61. The highest BCUT2D eigenvalue weighted by Gasteiger charge is 2.33. The molecule has 2 amide bonds. The highest BCUT2D eigenvalue weighted by Crippen LogP contribution is 2.23. The molecule has 1 atom stereocenters. The molecule has 0 saturated carbocycles. The second-order valence-corrected chi connectivity index (χ2v) is 6.51. The molecule has 2 aromatic heterocycles. The maximum absolute atomic E-state index is 12.6. The minimum absolute atomic E-state index is 0.0716. The molecule has 1 fully saturated rings. The normalized spacial score (nSPS) is 17.4. The molecular weight excluding hydrogens is 326 g/mol. The number of piperidine rings is 1. The van der Waals surface area contributed by atoms with Crippen LogP contribution >= 0.6 is 11.3 Å². The average molecular weight is 345 g/mol. The van der Waals surface area contributed by atoms with E-state index in [0.29, 0.717) is 29.4 Å². The fraction of sp³-hybridized carbons (Fsp3) is 0.353. The Morgan fingerprint density at radius 3 is 2.88 bits per heavy atom. The minimum Gasteiger partial charge on any atom is -0.481 e. The summed E-state index contributed by atoms with van der Waals surface area (Å²) in [6.45, 7) is 0.607. The number of thiophene rings is 1. The molecule has 3 rings (SSSR count). The quantitative estimate of drug-likeness (QED) is 0.925. The summed E-state index contributed by atoms with van der Waals surface area (Å²) < 4.78 is 5.00. The highest BCUT2D eigenvalue weighted by atomic mass is 32.1. The molecule has 1 aliphatic rings. The number of pyridine rings is 1. The number of hydrogen-bond acceptors (Lipinski definition) is 5. The molecule has 0 aromatic carbocycles. The van der Waals surface area contributed by atoms with Crippen molar-refractivity contribution in [1.82, 2.24) is 9.88 Å². The number of hydrogen-bond donors (Lipinski definition) is 1. The molecule has 1 aliphatic heterocycles. The second-order valence-electron chi connectivity index (χ2n) is 5.57. The van der Waals surface area contributed by atoms with Crippen molar-refractivity contribution in [3.63, 3.8) is 0 Å². The minimum atomic E-state index is -0.449. The monoisotopic (exact) mass is 345 g/mol. The summed E-state index contributed by atoms with van der Waals surface area (Å²) in [4.78, 5) is 31.7. The van der Waals surface area contributed by atoms with Gasteiger partial charge in [-0.3, -0.25) is 9.59 Å². The first kappa shape index (κ1) is 16.4. The van der Waals surface area contributed by atoms with Gasteiger partial charge in [0.25, 0.3) is 5.91 Å². The van der Waals surface area contributed by atoms with Gasteiger partial charge in [-0.25, -0.2) is 4.98 Å². The molecule has 2 aromatic rings. The van der Waals surface area contributed by atoms with Crippen LogP contribution in [0.3, 0.4) is 0 Å². The Morgan fingerprint density at radius 1 is 1.33 bits per heavy atom. The number of nitrogens with zero attached hydrogens (tertiary/aromatic N) is 2. The maximum Gasteiger partial charge on any atom is 0.264 e. The smallest absolute Gasteiger partial charge is 0.264 e. The van der Waals surface area contributed by atoms with Crippen molar-refractivity contribution in [2.45, 2.75) is 25.3 Å². The molecule has 24 heavy (non-hydrogen) atoms. The SMILES string of the molecule is COc1ccc(NC(=O)C2CCCCN2C(=O)c2cccs2)cn1. The van der Waals surface area contributed by atoms with Crippen molar-refractivity contribution in [3.05, 3.63) is 40.7 Å². The van der Waals surface area contributed by atoms with Gasteiger partial charge >= 0.3 is 0 Å². The Labute approximate surface area is 144 Å². The molecule has 1 saturated heterocycles. The predicted molar refractivity (Wildman–Crippen MR) is 92.4 cm³/mol. The van der Waals surface area contributed by atoms with E-state index in [1.807, 2.05) is 11.4 Å². The van der Waals surface area contributed by atoms with Crippen LogP contribution in [0.5, 0.6) is 5.88 Å². The number of ether oxygens (including phenoxy) is 1. The van der Waals surface area contributed by atoms with E-state index < -0.39 is 6.04 Å². The van der Waals surface area contributed by atoms with Crippen LogP contribution in [0.4, 0.5) is 5.69 Å². The molecule has 0 radical (unpaired) electrons. The van der Waals surface area contributed by atoms with Crippen molar-refractivity contribution in [2.75, 3.05) is 19.0 Å². The van der Waals surface area contributed by atoms with Crippen molar-refractivity contribution in [3.8, 4) is 5.88 Å². The third-order valence-electron chi connectivity index (χ3n) is 4.01. The number of methoxy groups -OCH3 is 1. The summed E-state index contributed by atoms with van der Waals surface area (Å²) >= 11 is 1.40. The summed E-state index contributed by atoms with van der Waals surface area (Å²) in [5.41, 5.74) is 0.592. The zero-order valence-electron chi connectivity index (χ0n) is 13.4. The Hall–Kier alpha value is -2.41. The molecule has 126 valence electrons. The Bertz CT molecular complexity index is 700. The molecule has 0 spiro atoms. The zero-order valence-corrected chi connectivity index (χ0v) is 14.2. The number of anilines is 1. The van der Waals surface area contributed by atoms with E-state index in [1.165, 1.54) is 18.4 Å². The van der Waals surface area contributed by atoms with Gasteiger partial charge in [0.05, 0.1) is 23.9 Å². The van der Waals surface area contributed by atoms with E-state index in [9.17, 15) is 9.59 Å². The zero-order chi connectivity index (χ0) is 16.9. The largest absolute Gasteiger partial charge is 0.481 e. The fourth-order valence-electron chi connectivity index (χ4n) is 2.79. The highest BCUT2D eigenvalue weighted by molar-refractivity contribution is 7.12. The van der Waals surface area contributed by atoms with E-state index in [1.54, 1.807) is 29.3 Å². The summed E-state index contributed by atoms with van der Waals surface area (Å²) in [7, 11) is 1.54. The number of carbonyl (C=O) groups is 2. The van der Waals surface area contributed by atoms with Gasteiger partial charge in [0.2, 0.25) is 11.8 Å². The van der Waals surface area contributed by atoms with Crippen molar-refractivity contribution in [1.29, 1.82) is 0 Å². The molecule has 6 nitrogen and oxygen atoms in total. The summed E-state index contributed by atoms with van der Waals surface area (Å²) in [6.07, 6.45) is 4.08. The number of aromatic nitrogens is 1. The van der Waals surface area contributed by atoms with Gasteiger partial charge in [-0.15, -0.1) is 11.3 Å². The lowest BCUT2D eigenvalue weighted by Gasteiger charge is -2.34. The van der Waals surface area contributed by atoms with Crippen LogP contribution in [0.25, 0.3) is 0 Å². The van der Waals surface area contributed by atoms with Crippen LogP contribution in [0.1, 0.15) is 28.9 Å². The first-order valence-electron chi connectivity index (χ1n) is 7.84. The molecule has 0 bridgehead atoms. The van der Waals surface area contributed by atoms with Crippen LogP contribution in [-0.4, -0.2) is 41.4 Å². The third kappa shape index (κ3) is 3.56. The van der Waals surface area contributed by atoms with E-state index in [0.717, 1.165) is 12.8 Å². The second kappa shape index (κ2) is 7.44. The fourth-order valence-corrected chi connectivity index (χ4v) is 3.47. The third-order valence-corrected chi connectivity index (χ3v) is 4.87. The van der Waals surface area contributed by atoms with E-state index in [4.69, 9.17) is 4.74 Å². The van der Waals surface area contributed by atoms with Crippen molar-refractivity contribution >= 4 is 28.8 Å². The standard InChI is InChI=1S/C17H19N3O3S/c1-23-15-8-7-12(11-18-15)19-16(21)13-5-2-3-9-20(13)17(22)14-6-4-10-24-14/h4,6-8,10-11,13H,2-3,5,9H2,1H3,(H,19,21). The molecule has 1 unspecified atom stereocenters. The first-order chi connectivity index (χ1) is 11.7. The Morgan fingerprint density at radius 2 is 2.21 bits per heavy atom. The van der Waals surface area contributed by atoms with Crippen LogP contribution in [0, 0.1) is 0 Å². The lowest BCUT2D eigenvalue weighted by Crippen LogP contribution is -2.49. The van der Waals surface area contributed by atoms with Crippen molar-refractivity contribution < 1.29 is 14.3 Å². The molecule has 1 N–H and O–H groups in total. The lowest BCUT2D eigenvalue weighted by molar-refractivity contribution is -0.121. The van der Waals surface area contributed by atoms with Crippen LogP contribution in [-0.2, 0) is 4.79 Å². The predicted octanol–water partition coefficient (Wildman–Crippen LogP) is 2.79. The van der Waals surface area contributed by atoms with Gasteiger partial charge in [-0.2, -0.15) is 0 Å². The molecule has 3 heterocycles. The van der Waals surface area contributed by atoms with Gasteiger partial charge in [0, 0.05) is 12.6 Å². The Balaban J connectivity index is 1.72. The number of rotatable bonds is 4. The first-order valence-corrected chi connectivity index (χ1v) is 8.72. The molecule has 7 heteroatoms. The van der Waals surface area contributed by atoms with Crippen LogP contribution in [0.15, 0.2) is 35.8 Å². The van der Waals surface area contributed by atoms with Gasteiger partial charge in [-0.05, 0) is 36.8 Å². The molecular formula is C17H19N3O3S. The summed E-state index contributed by atoms with van der Waals surface area (Å²) in [5, 5.41) is 4.72.